The Bertz CT molecular complexity index is 824. The number of nitrogens with zero attached hydrogens (tertiary/aromatic N) is 2. The Balaban J connectivity index is 1.92. The van der Waals surface area contributed by atoms with Gasteiger partial charge in [0.1, 0.15) is 11.6 Å². The number of aromatic amines is 1. The first-order valence-corrected chi connectivity index (χ1v) is 8.93. The van der Waals surface area contributed by atoms with E-state index in [9.17, 15) is 13.6 Å². The molecule has 2 N–H and O–H groups in total. The lowest BCUT2D eigenvalue weighted by molar-refractivity contribution is 0.225. The summed E-state index contributed by atoms with van der Waals surface area (Å²) in [6.07, 6.45) is 2.12. The third-order valence-electron chi connectivity index (χ3n) is 5.08. The van der Waals surface area contributed by atoms with E-state index in [0.29, 0.717) is 23.1 Å². The van der Waals surface area contributed by atoms with Crippen LogP contribution in [0.15, 0.2) is 23.0 Å². The molecule has 0 amide bonds. The van der Waals surface area contributed by atoms with Crippen molar-refractivity contribution in [2.45, 2.75) is 39.5 Å². The van der Waals surface area contributed by atoms with Crippen LogP contribution in [0.1, 0.15) is 49.4 Å². The molecule has 1 aliphatic rings. The molecular formula is C19H24F2N4O. The molecule has 0 bridgehead atoms. The summed E-state index contributed by atoms with van der Waals surface area (Å²) < 4.78 is 28.3. The van der Waals surface area contributed by atoms with Crippen LogP contribution in [0.3, 0.4) is 0 Å². The summed E-state index contributed by atoms with van der Waals surface area (Å²) in [5.74, 6) is -0.983. The first-order valence-electron chi connectivity index (χ1n) is 8.93. The summed E-state index contributed by atoms with van der Waals surface area (Å²) >= 11 is 0. The summed E-state index contributed by atoms with van der Waals surface area (Å²) in [5, 5.41) is 2.01. The van der Waals surface area contributed by atoms with Gasteiger partial charge in [-0.1, -0.05) is 19.9 Å². The van der Waals surface area contributed by atoms with Crippen LogP contribution in [0.5, 0.6) is 0 Å². The number of rotatable bonds is 4. The third-order valence-corrected chi connectivity index (χ3v) is 5.08. The fourth-order valence-electron chi connectivity index (χ4n) is 3.36. The molecule has 2 heterocycles. The highest BCUT2D eigenvalue weighted by Gasteiger charge is 2.23. The summed E-state index contributed by atoms with van der Waals surface area (Å²) in [7, 11) is 0. The summed E-state index contributed by atoms with van der Waals surface area (Å²) in [5.41, 5.74) is 3.46. The number of hydrazine groups is 1. The maximum Gasteiger partial charge on any atom is 0.255 e. The van der Waals surface area contributed by atoms with E-state index in [1.54, 1.807) is 13.8 Å². The van der Waals surface area contributed by atoms with Crippen LogP contribution in [0.25, 0.3) is 0 Å². The largest absolute Gasteiger partial charge is 0.291 e. The zero-order valence-corrected chi connectivity index (χ0v) is 15.3. The van der Waals surface area contributed by atoms with Crippen molar-refractivity contribution in [1.29, 1.82) is 0 Å². The topological polar surface area (TPSA) is 61.0 Å². The lowest BCUT2D eigenvalue weighted by Crippen LogP contribution is -2.38. The summed E-state index contributed by atoms with van der Waals surface area (Å²) in [6.45, 7) is 7.19. The average Bonchev–Trinajstić information content (AvgIpc) is 2.59. The number of halogens is 2. The van der Waals surface area contributed by atoms with Crippen LogP contribution in [-0.2, 0) is 0 Å². The van der Waals surface area contributed by atoms with E-state index < -0.39 is 17.6 Å². The summed E-state index contributed by atoms with van der Waals surface area (Å²) in [6, 6.07) is 3.75. The van der Waals surface area contributed by atoms with Gasteiger partial charge in [-0.2, -0.15) is 0 Å². The van der Waals surface area contributed by atoms with Gasteiger partial charge in [-0.15, -0.1) is 0 Å². The molecule has 0 radical (unpaired) electrons. The van der Waals surface area contributed by atoms with Crippen molar-refractivity contribution in [1.82, 2.24) is 15.0 Å². The van der Waals surface area contributed by atoms with Gasteiger partial charge in [0.25, 0.3) is 5.56 Å². The Labute approximate surface area is 151 Å². The molecule has 1 atom stereocenters. The van der Waals surface area contributed by atoms with Crippen molar-refractivity contribution >= 4 is 5.95 Å². The number of aromatic nitrogens is 2. The number of nitrogens with one attached hydrogen (secondary N) is 2. The van der Waals surface area contributed by atoms with Crippen LogP contribution < -0.4 is 11.0 Å². The quantitative estimate of drug-likeness (QED) is 0.873. The van der Waals surface area contributed by atoms with E-state index in [4.69, 9.17) is 0 Å². The maximum atomic E-state index is 14.2. The van der Waals surface area contributed by atoms with Gasteiger partial charge in [-0.05, 0) is 37.8 Å². The second-order valence-electron chi connectivity index (χ2n) is 7.06. The Morgan fingerprint density at radius 3 is 2.50 bits per heavy atom. The Kier molecular flexibility index (Phi) is 5.36. The monoisotopic (exact) mass is 362 g/mol. The van der Waals surface area contributed by atoms with E-state index in [1.807, 2.05) is 5.01 Å². The zero-order valence-electron chi connectivity index (χ0n) is 15.3. The molecule has 7 heteroatoms. The first-order chi connectivity index (χ1) is 12.4. The van der Waals surface area contributed by atoms with E-state index in [1.165, 1.54) is 18.2 Å². The van der Waals surface area contributed by atoms with Gasteiger partial charge >= 0.3 is 0 Å². The van der Waals surface area contributed by atoms with E-state index >= 15 is 0 Å². The van der Waals surface area contributed by atoms with Crippen molar-refractivity contribution in [3.63, 3.8) is 0 Å². The number of hydrogen-bond acceptors (Lipinski definition) is 4. The molecule has 1 aromatic heterocycles. The second-order valence-corrected chi connectivity index (χ2v) is 7.06. The number of piperidine rings is 1. The molecular weight excluding hydrogens is 338 g/mol. The van der Waals surface area contributed by atoms with Gasteiger partial charge in [-0.25, -0.2) is 18.8 Å². The number of anilines is 1. The van der Waals surface area contributed by atoms with Crippen molar-refractivity contribution < 1.29 is 8.78 Å². The number of benzene rings is 1. The Morgan fingerprint density at radius 1 is 1.27 bits per heavy atom. The molecule has 3 rings (SSSR count). The smallest absolute Gasteiger partial charge is 0.255 e. The third kappa shape index (κ3) is 3.77. The van der Waals surface area contributed by atoms with E-state index in [2.05, 4.69) is 22.3 Å². The zero-order chi connectivity index (χ0) is 18.8. The van der Waals surface area contributed by atoms with Crippen LogP contribution >= 0.6 is 0 Å². The van der Waals surface area contributed by atoms with Gasteiger partial charge in [0.05, 0.1) is 5.69 Å². The number of H-pyrrole nitrogens is 1. The molecule has 1 saturated heterocycles. The molecule has 1 aromatic carbocycles. The lowest BCUT2D eigenvalue weighted by Gasteiger charge is -2.30. The predicted octanol–water partition coefficient (Wildman–Crippen LogP) is 3.57. The van der Waals surface area contributed by atoms with Crippen LogP contribution in [0, 0.1) is 24.5 Å². The fourth-order valence-corrected chi connectivity index (χ4v) is 3.36. The molecule has 1 aliphatic heterocycles. The van der Waals surface area contributed by atoms with Crippen molar-refractivity contribution in [3.05, 3.63) is 57.0 Å². The minimum Gasteiger partial charge on any atom is -0.291 e. The standard InChI is InChI=1S/C19H24F2N4O/c1-11-7-9-25(10-8-11)24-19-22-17(13(3)18(26)23-19)12(2)16-14(20)5-4-6-15(16)21/h4-6,11-12H,7-10H2,1-3H3,(H2,22,23,24,26). The number of hydrogen-bond donors (Lipinski definition) is 2. The second kappa shape index (κ2) is 7.53. The summed E-state index contributed by atoms with van der Waals surface area (Å²) in [4.78, 5) is 19.5. The minimum absolute atomic E-state index is 0.0774. The van der Waals surface area contributed by atoms with Gasteiger partial charge in [0.15, 0.2) is 0 Å². The van der Waals surface area contributed by atoms with Crippen molar-refractivity contribution in [2.24, 2.45) is 5.92 Å². The van der Waals surface area contributed by atoms with E-state index in [0.717, 1.165) is 25.9 Å². The van der Waals surface area contributed by atoms with Crippen LogP contribution in [0.2, 0.25) is 0 Å². The van der Waals surface area contributed by atoms with Crippen LogP contribution in [-0.4, -0.2) is 28.1 Å². The van der Waals surface area contributed by atoms with Crippen molar-refractivity contribution in [3.8, 4) is 0 Å². The molecule has 1 unspecified atom stereocenters. The predicted molar refractivity (Wildman–Crippen MR) is 97.1 cm³/mol. The lowest BCUT2D eigenvalue weighted by atomic mass is 9.94. The molecule has 0 spiro atoms. The Morgan fingerprint density at radius 2 is 1.88 bits per heavy atom. The average molecular weight is 362 g/mol. The highest BCUT2D eigenvalue weighted by molar-refractivity contribution is 5.37. The highest BCUT2D eigenvalue weighted by atomic mass is 19.1. The molecule has 5 nitrogen and oxygen atoms in total. The molecule has 0 aliphatic carbocycles. The SMILES string of the molecule is Cc1c(C(C)c2c(F)cccc2F)nc(NN2CCC(C)CC2)[nH]c1=O. The first kappa shape index (κ1) is 18.5. The van der Waals surface area contributed by atoms with Crippen LogP contribution in [0.4, 0.5) is 14.7 Å². The molecule has 0 saturated carbocycles. The molecule has 2 aromatic rings. The maximum absolute atomic E-state index is 14.2. The molecule has 26 heavy (non-hydrogen) atoms. The normalized spacial score (nSPS) is 17.3. The van der Waals surface area contributed by atoms with Gasteiger partial charge in [0, 0.05) is 30.1 Å². The Hall–Kier alpha value is -2.28. The van der Waals surface area contributed by atoms with Gasteiger partial charge < -0.3 is 0 Å². The highest BCUT2D eigenvalue weighted by Crippen LogP contribution is 2.29. The fraction of sp³-hybridized carbons (Fsp3) is 0.474. The van der Waals surface area contributed by atoms with Gasteiger partial charge in [0.2, 0.25) is 5.95 Å². The molecule has 1 fully saturated rings. The molecule has 140 valence electrons. The van der Waals surface area contributed by atoms with E-state index in [-0.39, 0.29) is 11.1 Å². The van der Waals surface area contributed by atoms with Crippen molar-refractivity contribution in [2.75, 3.05) is 18.5 Å². The minimum atomic E-state index is -0.680. The van der Waals surface area contributed by atoms with Gasteiger partial charge in [-0.3, -0.25) is 15.2 Å².